The molecule has 72 valence electrons. The van der Waals surface area contributed by atoms with E-state index in [0.29, 0.717) is 0 Å². The first-order valence-corrected chi connectivity index (χ1v) is 4.68. The Morgan fingerprint density at radius 2 is 2.13 bits per heavy atom. The Hall–Kier alpha value is -2.14. The molecule has 0 spiro atoms. The van der Waals surface area contributed by atoms with Crippen LogP contribution in [0.4, 0.5) is 0 Å². The molecule has 0 atom stereocenters. The monoisotopic (exact) mass is 195 g/mol. The fraction of sp³-hybridized carbons (Fsp3) is 0.0769. The third-order valence-electron chi connectivity index (χ3n) is 2.04. The van der Waals surface area contributed by atoms with E-state index in [1.807, 2.05) is 30.3 Å². The summed E-state index contributed by atoms with van der Waals surface area (Å²) in [6.07, 6.45) is 2.81. The van der Waals surface area contributed by atoms with Crippen LogP contribution in [0.25, 0.3) is 10.9 Å². The van der Waals surface area contributed by atoms with Gasteiger partial charge in [0.2, 0.25) is 0 Å². The fourth-order valence-corrected chi connectivity index (χ4v) is 1.39. The zero-order valence-corrected chi connectivity index (χ0v) is 8.10. The van der Waals surface area contributed by atoms with Crippen LogP contribution in [0.15, 0.2) is 36.5 Å². The largest absolute Gasteiger partial charge is 0.302 e. The van der Waals surface area contributed by atoms with E-state index in [-0.39, 0.29) is 6.42 Å². The number of aromatic nitrogens is 1. The molecule has 0 bridgehead atoms. The van der Waals surface area contributed by atoms with Gasteiger partial charge in [-0.25, -0.2) is 0 Å². The molecule has 0 fully saturated rings. The smallest absolute Gasteiger partial charge is 0.131 e. The Bertz CT molecular complexity index is 544. The van der Waals surface area contributed by atoms with Crippen molar-refractivity contribution in [2.45, 2.75) is 6.42 Å². The molecule has 2 aromatic rings. The van der Waals surface area contributed by atoms with Gasteiger partial charge in [-0.05, 0) is 12.1 Å². The number of benzene rings is 1. The Balaban J connectivity index is 2.52. The van der Waals surface area contributed by atoms with Crippen molar-refractivity contribution in [3.63, 3.8) is 0 Å². The molecule has 1 aromatic carbocycles. The van der Waals surface area contributed by atoms with E-state index in [4.69, 9.17) is 0 Å². The molecule has 1 heterocycles. The molecule has 0 unspecified atom stereocenters. The number of hydrogen-bond donors (Lipinski definition) is 0. The van der Waals surface area contributed by atoms with E-state index in [0.717, 1.165) is 22.8 Å². The van der Waals surface area contributed by atoms with Gasteiger partial charge >= 0.3 is 0 Å². The van der Waals surface area contributed by atoms with Crippen molar-refractivity contribution in [1.82, 2.24) is 4.98 Å². The average molecular weight is 195 g/mol. The first kappa shape index (κ1) is 9.42. The predicted octanol–water partition coefficient (Wildman–Crippen LogP) is 2.18. The third kappa shape index (κ3) is 2.03. The number of para-hydroxylation sites is 1. The van der Waals surface area contributed by atoms with Crippen LogP contribution in [0.2, 0.25) is 0 Å². The minimum absolute atomic E-state index is 0.267. The highest BCUT2D eigenvalue weighted by molar-refractivity contribution is 5.84. The Labute approximate surface area is 88.0 Å². The summed E-state index contributed by atoms with van der Waals surface area (Å²) < 4.78 is 0. The minimum atomic E-state index is 0.267. The summed E-state index contributed by atoms with van der Waals surface area (Å²) >= 11 is 0. The van der Waals surface area contributed by atoms with Gasteiger partial charge in [-0.15, -0.1) is 0 Å². The lowest BCUT2D eigenvalue weighted by Crippen LogP contribution is -1.82. The molecular formula is C13H9NO. The molecule has 0 aliphatic carbocycles. The number of nitrogens with zero attached hydrogens (tertiary/aromatic N) is 1. The second-order valence-electron chi connectivity index (χ2n) is 3.05. The van der Waals surface area contributed by atoms with Crippen molar-refractivity contribution in [2.75, 3.05) is 0 Å². The van der Waals surface area contributed by atoms with Crippen LogP contribution in [-0.2, 0) is 4.79 Å². The summed E-state index contributed by atoms with van der Waals surface area (Å²) in [6, 6.07) is 9.73. The van der Waals surface area contributed by atoms with Gasteiger partial charge in [0, 0.05) is 11.6 Å². The number of pyridine rings is 1. The molecule has 0 aliphatic rings. The Morgan fingerprint density at radius 1 is 1.27 bits per heavy atom. The quantitative estimate of drug-likeness (QED) is 0.515. The van der Waals surface area contributed by atoms with Crippen LogP contribution < -0.4 is 0 Å². The molecule has 0 N–H and O–H groups in total. The summed E-state index contributed by atoms with van der Waals surface area (Å²) in [6.45, 7) is 0. The standard InChI is InChI=1S/C13H9NO/c15-10-2-1-5-11-6-3-7-12-8-4-9-14-13(11)12/h3-4,6-10H,2H2. The second-order valence-corrected chi connectivity index (χ2v) is 3.05. The summed E-state index contributed by atoms with van der Waals surface area (Å²) in [5, 5.41) is 1.07. The molecule has 15 heavy (non-hydrogen) atoms. The number of hydrogen-bond acceptors (Lipinski definition) is 2. The van der Waals surface area contributed by atoms with E-state index in [1.165, 1.54) is 0 Å². The molecule has 0 saturated heterocycles. The van der Waals surface area contributed by atoms with Gasteiger partial charge in [-0.2, -0.15) is 0 Å². The summed E-state index contributed by atoms with van der Waals surface area (Å²) in [4.78, 5) is 14.4. The molecular weight excluding hydrogens is 186 g/mol. The summed E-state index contributed by atoms with van der Waals surface area (Å²) in [5.74, 6) is 5.73. The molecule has 2 rings (SSSR count). The lowest BCUT2D eigenvalue weighted by molar-refractivity contribution is -0.107. The maximum absolute atomic E-state index is 10.1. The maximum Gasteiger partial charge on any atom is 0.131 e. The first-order chi connectivity index (χ1) is 7.42. The summed E-state index contributed by atoms with van der Waals surface area (Å²) in [7, 11) is 0. The second kappa shape index (κ2) is 4.39. The number of aldehydes is 1. The lowest BCUT2D eigenvalue weighted by Gasteiger charge is -1.97. The van der Waals surface area contributed by atoms with E-state index in [1.54, 1.807) is 6.20 Å². The van der Waals surface area contributed by atoms with E-state index in [9.17, 15) is 4.79 Å². The molecule has 0 aliphatic heterocycles. The minimum Gasteiger partial charge on any atom is -0.302 e. The molecule has 1 aromatic heterocycles. The highest BCUT2D eigenvalue weighted by atomic mass is 16.1. The van der Waals surface area contributed by atoms with E-state index in [2.05, 4.69) is 16.8 Å². The molecule has 2 heteroatoms. The van der Waals surface area contributed by atoms with Gasteiger partial charge in [0.05, 0.1) is 17.5 Å². The molecule has 0 radical (unpaired) electrons. The molecule has 0 saturated carbocycles. The van der Waals surface area contributed by atoms with Crippen LogP contribution in [0.3, 0.4) is 0 Å². The highest BCUT2D eigenvalue weighted by Crippen LogP contribution is 2.14. The van der Waals surface area contributed by atoms with Crippen molar-refractivity contribution in [2.24, 2.45) is 0 Å². The van der Waals surface area contributed by atoms with Gasteiger partial charge in [-0.1, -0.05) is 30.0 Å². The van der Waals surface area contributed by atoms with Crippen LogP contribution in [0.5, 0.6) is 0 Å². The van der Waals surface area contributed by atoms with Gasteiger partial charge in [0.1, 0.15) is 6.29 Å². The van der Waals surface area contributed by atoms with Gasteiger partial charge in [0.25, 0.3) is 0 Å². The normalized spacial score (nSPS) is 9.33. The van der Waals surface area contributed by atoms with Crippen molar-refractivity contribution in [3.8, 4) is 11.8 Å². The number of carbonyl (C=O) groups is 1. The molecule has 2 nitrogen and oxygen atoms in total. The van der Waals surface area contributed by atoms with Crippen molar-refractivity contribution < 1.29 is 4.79 Å². The van der Waals surface area contributed by atoms with Crippen LogP contribution in [0.1, 0.15) is 12.0 Å². The first-order valence-electron chi connectivity index (χ1n) is 4.68. The van der Waals surface area contributed by atoms with Crippen LogP contribution >= 0.6 is 0 Å². The molecule has 0 amide bonds. The van der Waals surface area contributed by atoms with Crippen LogP contribution in [0, 0.1) is 11.8 Å². The van der Waals surface area contributed by atoms with E-state index < -0.39 is 0 Å². The topological polar surface area (TPSA) is 30.0 Å². The maximum atomic E-state index is 10.1. The lowest BCUT2D eigenvalue weighted by atomic mass is 10.1. The number of fused-ring (bicyclic) bond motifs is 1. The predicted molar refractivity (Wildman–Crippen MR) is 59.3 cm³/mol. The number of carbonyl (C=O) groups excluding carboxylic acids is 1. The average Bonchev–Trinajstić information content (AvgIpc) is 2.30. The zero-order valence-electron chi connectivity index (χ0n) is 8.10. The van der Waals surface area contributed by atoms with Crippen molar-refractivity contribution >= 4 is 17.2 Å². The van der Waals surface area contributed by atoms with Gasteiger partial charge < -0.3 is 4.79 Å². The van der Waals surface area contributed by atoms with Gasteiger partial charge in [0.15, 0.2) is 0 Å². The third-order valence-corrected chi connectivity index (χ3v) is 2.04. The van der Waals surface area contributed by atoms with Crippen LogP contribution in [-0.4, -0.2) is 11.3 Å². The number of rotatable bonds is 1. The SMILES string of the molecule is O=CCC#Cc1cccc2cccnc12. The van der Waals surface area contributed by atoms with Crippen molar-refractivity contribution in [1.29, 1.82) is 0 Å². The Kier molecular flexibility index (Phi) is 2.75. The fourth-order valence-electron chi connectivity index (χ4n) is 1.39. The summed E-state index contributed by atoms with van der Waals surface area (Å²) in [5.41, 5.74) is 1.76. The Morgan fingerprint density at radius 3 is 3.00 bits per heavy atom. The van der Waals surface area contributed by atoms with E-state index >= 15 is 0 Å². The van der Waals surface area contributed by atoms with Gasteiger partial charge in [-0.3, -0.25) is 4.98 Å². The highest BCUT2D eigenvalue weighted by Gasteiger charge is 1.97. The van der Waals surface area contributed by atoms with Crippen molar-refractivity contribution in [3.05, 3.63) is 42.1 Å². The zero-order chi connectivity index (χ0) is 10.5.